The summed E-state index contributed by atoms with van der Waals surface area (Å²) in [4.78, 5) is 0. The summed E-state index contributed by atoms with van der Waals surface area (Å²) in [6.07, 6.45) is 3.92. The van der Waals surface area contributed by atoms with Crippen LogP contribution in [0.5, 0.6) is 0 Å². The molecule has 1 atom stereocenters. The second-order valence-corrected chi connectivity index (χ2v) is 2.99. The highest BCUT2D eigenvalue weighted by Gasteiger charge is 2.12. The molecule has 0 unspecified atom stereocenters. The topological polar surface area (TPSA) is 21.3 Å². The van der Waals surface area contributed by atoms with E-state index in [0.717, 1.165) is 12.5 Å². The van der Waals surface area contributed by atoms with Crippen molar-refractivity contribution in [3.05, 3.63) is 0 Å². The van der Waals surface area contributed by atoms with Crippen molar-refractivity contribution in [3.8, 4) is 0 Å². The van der Waals surface area contributed by atoms with E-state index in [-0.39, 0.29) is 0 Å². The van der Waals surface area contributed by atoms with E-state index in [0.29, 0.717) is 0 Å². The number of nitrogens with one attached hydrogen (secondary N) is 1. The highest BCUT2D eigenvalue weighted by atomic mass is 16.5. The third-order valence-electron chi connectivity index (χ3n) is 2.12. The summed E-state index contributed by atoms with van der Waals surface area (Å²) in [6.45, 7) is 3.37. The normalized spacial score (nSPS) is 25.5. The maximum absolute atomic E-state index is 4.98. The van der Waals surface area contributed by atoms with E-state index in [9.17, 15) is 0 Å². The molecule has 60 valence electrons. The van der Waals surface area contributed by atoms with E-state index < -0.39 is 0 Å². The van der Waals surface area contributed by atoms with Crippen LogP contribution < -0.4 is 5.32 Å². The summed E-state index contributed by atoms with van der Waals surface area (Å²) in [5.41, 5.74) is 0. The molecule has 0 spiro atoms. The van der Waals surface area contributed by atoms with Gasteiger partial charge in [-0.1, -0.05) is 0 Å². The first-order chi connectivity index (χ1) is 4.93. The van der Waals surface area contributed by atoms with Crippen LogP contribution in [0, 0.1) is 5.92 Å². The average molecular weight is 143 g/mol. The summed E-state index contributed by atoms with van der Waals surface area (Å²) < 4.78 is 4.98. The number of hydrogen-bond acceptors (Lipinski definition) is 2. The van der Waals surface area contributed by atoms with Crippen molar-refractivity contribution < 1.29 is 4.74 Å². The Hall–Kier alpha value is -0.0800. The molecule has 0 amide bonds. The molecule has 0 radical (unpaired) electrons. The molecule has 1 heterocycles. The Morgan fingerprint density at radius 1 is 1.60 bits per heavy atom. The van der Waals surface area contributed by atoms with Gasteiger partial charge in [-0.05, 0) is 38.3 Å². The van der Waals surface area contributed by atoms with Crippen LogP contribution in [0.4, 0.5) is 0 Å². The van der Waals surface area contributed by atoms with E-state index in [1.807, 2.05) is 0 Å². The van der Waals surface area contributed by atoms with Crippen LogP contribution in [0.1, 0.15) is 19.3 Å². The first-order valence-electron chi connectivity index (χ1n) is 4.13. The summed E-state index contributed by atoms with van der Waals surface area (Å²) in [5.74, 6) is 0.926. The van der Waals surface area contributed by atoms with Crippen molar-refractivity contribution in [2.75, 3.05) is 26.8 Å². The summed E-state index contributed by atoms with van der Waals surface area (Å²) in [6, 6.07) is 0. The van der Waals surface area contributed by atoms with Crippen molar-refractivity contribution in [1.29, 1.82) is 0 Å². The zero-order valence-corrected chi connectivity index (χ0v) is 6.73. The molecule has 0 bridgehead atoms. The molecular formula is C8H17NO. The van der Waals surface area contributed by atoms with E-state index in [1.54, 1.807) is 7.11 Å². The van der Waals surface area contributed by atoms with Crippen LogP contribution in [-0.4, -0.2) is 26.8 Å². The molecule has 1 saturated heterocycles. The van der Waals surface area contributed by atoms with Crippen molar-refractivity contribution in [2.45, 2.75) is 19.3 Å². The van der Waals surface area contributed by atoms with Crippen molar-refractivity contribution in [1.82, 2.24) is 5.32 Å². The lowest BCUT2D eigenvalue weighted by Crippen LogP contribution is -2.09. The van der Waals surface area contributed by atoms with Crippen LogP contribution >= 0.6 is 0 Å². The molecule has 1 rings (SSSR count). The third-order valence-corrected chi connectivity index (χ3v) is 2.12. The molecule has 0 aromatic rings. The Labute approximate surface area is 63.0 Å². The molecule has 1 aliphatic rings. The van der Waals surface area contributed by atoms with Gasteiger partial charge in [0.25, 0.3) is 0 Å². The van der Waals surface area contributed by atoms with Crippen LogP contribution in [0.15, 0.2) is 0 Å². The zero-order chi connectivity index (χ0) is 7.23. The minimum absolute atomic E-state index is 0.926. The summed E-state index contributed by atoms with van der Waals surface area (Å²) in [7, 11) is 1.77. The zero-order valence-electron chi connectivity index (χ0n) is 6.73. The van der Waals surface area contributed by atoms with Crippen molar-refractivity contribution in [3.63, 3.8) is 0 Å². The third kappa shape index (κ3) is 2.67. The quantitative estimate of drug-likeness (QED) is 0.593. The minimum Gasteiger partial charge on any atom is -0.385 e. The highest BCUT2D eigenvalue weighted by Crippen LogP contribution is 2.13. The maximum Gasteiger partial charge on any atom is 0.0462 e. The number of hydrogen-bond donors (Lipinski definition) is 1. The number of ether oxygens (including phenoxy) is 1. The van der Waals surface area contributed by atoms with Crippen molar-refractivity contribution >= 4 is 0 Å². The molecule has 1 fully saturated rings. The molecule has 2 nitrogen and oxygen atoms in total. The first kappa shape index (κ1) is 8.02. The van der Waals surface area contributed by atoms with Gasteiger partial charge >= 0.3 is 0 Å². The Balaban J connectivity index is 1.91. The van der Waals surface area contributed by atoms with Gasteiger partial charge in [-0.2, -0.15) is 0 Å². The van der Waals surface area contributed by atoms with E-state index in [1.165, 1.54) is 32.4 Å². The van der Waals surface area contributed by atoms with Crippen LogP contribution in [0.3, 0.4) is 0 Å². The fourth-order valence-corrected chi connectivity index (χ4v) is 1.48. The van der Waals surface area contributed by atoms with Gasteiger partial charge in [0.05, 0.1) is 0 Å². The lowest BCUT2D eigenvalue weighted by atomic mass is 10.0. The molecule has 2 heteroatoms. The molecular weight excluding hydrogens is 126 g/mol. The average Bonchev–Trinajstić information content (AvgIpc) is 2.41. The summed E-state index contributed by atoms with van der Waals surface area (Å²) >= 11 is 0. The Morgan fingerprint density at radius 2 is 2.50 bits per heavy atom. The molecule has 0 aromatic heterocycles. The molecule has 10 heavy (non-hydrogen) atoms. The van der Waals surface area contributed by atoms with Gasteiger partial charge in [0.15, 0.2) is 0 Å². The smallest absolute Gasteiger partial charge is 0.0462 e. The first-order valence-corrected chi connectivity index (χ1v) is 4.13. The van der Waals surface area contributed by atoms with Gasteiger partial charge in [-0.3, -0.25) is 0 Å². The van der Waals surface area contributed by atoms with Gasteiger partial charge in [0, 0.05) is 13.7 Å². The fourth-order valence-electron chi connectivity index (χ4n) is 1.48. The monoisotopic (exact) mass is 143 g/mol. The predicted molar refractivity (Wildman–Crippen MR) is 42.1 cm³/mol. The molecule has 1 N–H and O–H groups in total. The number of methoxy groups -OCH3 is 1. The van der Waals surface area contributed by atoms with Gasteiger partial charge in [0.2, 0.25) is 0 Å². The largest absolute Gasteiger partial charge is 0.385 e. The van der Waals surface area contributed by atoms with Gasteiger partial charge in [-0.25, -0.2) is 0 Å². The predicted octanol–water partition coefficient (Wildman–Crippen LogP) is 1.02. The number of rotatable bonds is 4. The SMILES string of the molecule is COCCC[C@H]1CCNC1. The van der Waals surface area contributed by atoms with Gasteiger partial charge in [0.1, 0.15) is 0 Å². The lowest BCUT2D eigenvalue weighted by molar-refractivity contribution is 0.188. The molecule has 1 aliphatic heterocycles. The second-order valence-electron chi connectivity index (χ2n) is 2.99. The maximum atomic E-state index is 4.98. The highest BCUT2D eigenvalue weighted by molar-refractivity contribution is 4.70. The standard InChI is InChI=1S/C8H17NO/c1-10-6-2-3-8-4-5-9-7-8/h8-9H,2-7H2,1H3/t8-/m0/s1. The van der Waals surface area contributed by atoms with Crippen molar-refractivity contribution in [2.24, 2.45) is 5.92 Å². The minimum atomic E-state index is 0.926. The Kier molecular flexibility index (Phi) is 3.76. The second kappa shape index (κ2) is 4.69. The van der Waals surface area contributed by atoms with E-state index in [4.69, 9.17) is 4.74 Å². The van der Waals surface area contributed by atoms with Gasteiger partial charge < -0.3 is 10.1 Å². The fraction of sp³-hybridized carbons (Fsp3) is 1.00. The van der Waals surface area contributed by atoms with E-state index >= 15 is 0 Å². The Bertz CT molecular complexity index is 79.3. The Morgan fingerprint density at radius 3 is 3.10 bits per heavy atom. The van der Waals surface area contributed by atoms with Crippen LogP contribution in [-0.2, 0) is 4.74 Å². The van der Waals surface area contributed by atoms with Crippen LogP contribution in [0.25, 0.3) is 0 Å². The van der Waals surface area contributed by atoms with Gasteiger partial charge in [-0.15, -0.1) is 0 Å². The lowest BCUT2D eigenvalue weighted by Gasteiger charge is -2.05. The summed E-state index contributed by atoms with van der Waals surface area (Å²) in [5, 5.41) is 3.36. The van der Waals surface area contributed by atoms with E-state index in [2.05, 4.69) is 5.32 Å². The molecule has 0 saturated carbocycles. The molecule has 0 aromatic carbocycles. The van der Waals surface area contributed by atoms with Crippen LogP contribution in [0.2, 0.25) is 0 Å². The molecule has 0 aliphatic carbocycles.